The van der Waals surface area contributed by atoms with E-state index in [1.807, 2.05) is 26.0 Å². The normalized spacial score (nSPS) is 11.6. The molecule has 0 saturated carbocycles. The molecule has 7 nitrogen and oxygen atoms in total. The van der Waals surface area contributed by atoms with E-state index in [2.05, 4.69) is 16.0 Å². The number of fused-ring (bicyclic) bond motifs is 1. The number of aromatic nitrogens is 2. The number of benzene rings is 2. The van der Waals surface area contributed by atoms with Crippen LogP contribution in [0.25, 0.3) is 34.0 Å². The molecule has 0 aliphatic rings. The van der Waals surface area contributed by atoms with Crippen LogP contribution in [0.1, 0.15) is 22.7 Å². The van der Waals surface area contributed by atoms with Crippen LogP contribution in [0.2, 0.25) is 0 Å². The third-order valence-electron chi connectivity index (χ3n) is 4.73. The summed E-state index contributed by atoms with van der Waals surface area (Å²) in [5, 5.41) is 20.6. The fraction of sp³-hybridized carbons (Fsp3) is 0.0909. The van der Waals surface area contributed by atoms with Crippen LogP contribution in [0.3, 0.4) is 0 Å². The van der Waals surface area contributed by atoms with E-state index in [4.69, 9.17) is 4.42 Å². The molecule has 29 heavy (non-hydrogen) atoms. The summed E-state index contributed by atoms with van der Waals surface area (Å²) in [7, 11) is 0. The third kappa shape index (κ3) is 3.51. The van der Waals surface area contributed by atoms with Gasteiger partial charge in [-0.1, -0.05) is 12.1 Å². The van der Waals surface area contributed by atoms with E-state index in [1.54, 1.807) is 30.3 Å². The molecule has 2 aromatic carbocycles. The number of H-pyrrole nitrogens is 1. The summed E-state index contributed by atoms with van der Waals surface area (Å²) in [6, 6.07) is 15.8. The molecular weight excluding hydrogens is 368 g/mol. The van der Waals surface area contributed by atoms with Crippen molar-refractivity contribution in [1.29, 1.82) is 5.26 Å². The molecule has 0 aliphatic heterocycles. The minimum Gasteiger partial charge on any atom is -0.457 e. The van der Waals surface area contributed by atoms with Crippen molar-refractivity contribution in [2.24, 2.45) is 0 Å². The van der Waals surface area contributed by atoms with Gasteiger partial charge in [-0.05, 0) is 49.2 Å². The van der Waals surface area contributed by atoms with Gasteiger partial charge in [0.15, 0.2) is 0 Å². The van der Waals surface area contributed by atoms with Crippen LogP contribution in [-0.2, 0) is 0 Å². The maximum Gasteiger partial charge on any atom is 0.270 e. The zero-order chi connectivity index (χ0) is 20.5. The molecule has 0 radical (unpaired) electrons. The van der Waals surface area contributed by atoms with Crippen LogP contribution >= 0.6 is 0 Å². The largest absolute Gasteiger partial charge is 0.457 e. The molecule has 0 amide bonds. The van der Waals surface area contributed by atoms with Gasteiger partial charge < -0.3 is 9.40 Å². The van der Waals surface area contributed by atoms with Gasteiger partial charge in [0, 0.05) is 23.8 Å². The molecule has 142 valence electrons. The Morgan fingerprint density at radius 2 is 2.00 bits per heavy atom. The fourth-order valence-corrected chi connectivity index (χ4v) is 3.05. The van der Waals surface area contributed by atoms with Gasteiger partial charge in [-0.25, -0.2) is 4.98 Å². The summed E-state index contributed by atoms with van der Waals surface area (Å²) in [5.74, 6) is 1.39. The van der Waals surface area contributed by atoms with Gasteiger partial charge in [0.2, 0.25) is 0 Å². The number of nitro groups is 1. The summed E-state index contributed by atoms with van der Waals surface area (Å²) >= 11 is 0. The Labute approximate surface area is 166 Å². The second kappa shape index (κ2) is 7.09. The van der Waals surface area contributed by atoms with Crippen molar-refractivity contribution in [3.05, 3.63) is 81.4 Å². The number of hydrogen-bond donors (Lipinski definition) is 1. The smallest absolute Gasteiger partial charge is 0.270 e. The molecule has 2 heterocycles. The minimum absolute atomic E-state index is 0.0124. The van der Waals surface area contributed by atoms with Gasteiger partial charge in [0.1, 0.15) is 23.4 Å². The number of nitrogens with one attached hydrogen (secondary N) is 1. The molecular formula is C22H16N4O3. The van der Waals surface area contributed by atoms with E-state index >= 15 is 0 Å². The van der Waals surface area contributed by atoms with Gasteiger partial charge in [-0.15, -0.1) is 0 Å². The van der Waals surface area contributed by atoms with E-state index in [9.17, 15) is 15.4 Å². The molecule has 0 atom stereocenters. The number of allylic oxidation sites excluding steroid dienone is 1. The molecule has 0 spiro atoms. The number of nitriles is 1. The number of non-ortho nitro benzene ring substituents is 1. The molecule has 0 fully saturated rings. The van der Waals surface area contributed by atoms with Crippen LogP contribution in [0.5, 0.6) is 0 Å². The van der Waals surface area contributed by atoms with E-state index in [0.717, 1.165) is 22.2 Å². The van der Waals surface area contributed by atoms with Crippen molar-refractivity contribution in [2.45, 2.75) is 13.8 Å². The average Bonchev–Trinajstić information content (AvgIpc) is 3.33. The molecule has 1 N–H and O–H groups in total. The Morgan fingerprint density at radius 1 is 1.21 bits per heavy atom. The predicted octanol–water partition coefficient (Wildman–Crippen LogP) is 5.41. The lowest BCUT2D eigenvalue weighted by Gasteiger charge is -1.97. The summed E-state index contributed by atoms with van der Waals surface area (Å²) in [6.07, 6.45) is 1.60. The number of nitrogens with zero attached hydrogens (tertiary/aromatic N) is 3. The molecule has 4 aromatic rings. The summed E-state index contributed by atoms with van der Waals surface area (Å²) in [5.41, 5.74) is 4.83. The van der Waals surface area contributed by atoms with Crippen molar-refractivity contribution in [2.75, 3.05) is 0 Å². The van der Waals surface area contributed by atoms with Crippen LogP contribution in [0.15, 0.2) is 52.9 Å². The number of nitro benzene ring substituents is 1. The number of hydrogen-bond acceptors (Lipinski definition) is 5. The molecule has 4 rings (SSSR count). The first-order valence-electron chi connectivity index (χ1n) is 8.88. The fourth-order valence-electron chi connectivity index (χ4n) is 3.05. The first-order valence-corrected chi connectivity index (χ1v) is 8.88. The lowest BCUT2D eigenvalue weighted by atomic mass is 10.1. The first-order chi connectivity index (χ1) is 13.9. The SMILES string of the molecule is Cc1cc2nc(/C(C#N)=C/c3ccc(-c4cccc([N+](=O)[O-])c4)o3)[nH]c2cc1C. The quantitative estimate of drug-likeness (QED) is 0.287. The Balaban J connectivity index is 1.69. The number of rotatable bonds is 4. The Kier molecular flexibility index (Phi) is 4.45. The van der Waals surface area contributed by atoms with Crippen molar-refractivity contribution in [3.8, 4) is 17.4 Å². The Morgan fingerprint density at radius 3 is 2.76 bits per heavy atom. The zero-order valence-corrected chi connectivity index (χ0v) is 15.8. The van der Waals surface area contributed by atoms with Gasteiger partial charge >= 0.3 is 0 Å². The van der Waals surface area contributed by atoms with E-state index in [0.29, 0.717) is 28.5 Å². The van der Waals surface area contributed by atoms with Gasteiger partial charge in [0.05, 0.1) is 21.5 Å². The summed E-state index contributed by atoms with van der Waals surface area (Å²) in [6.45, 7) is 4.04. The highest BCUT2D eigenvalue weighted by atomic mass is 16.6. The second-order valence-electron chi connectivity index (χ2n) is 6.72. The number of aryl methyl sites for hydroxylation is 2. The van der Waals surface area contributed by atoms with Crippen LogP contribution in [0, 0.1) is 35.3 Å². The number of furan rings is 1. The predicted molar refractivity (Wildman–Crippen MR) is 110 cm³/mol. The van der Waals surface area contributed by atoms with Gasteiger partial charge in [-0.3, -0.25) is 10.1 Å². The van der Waals surface area contributed by atoms with Crippen molar-refractivity contribution in [1.82, 2.24) is 9.97 Å². The molecule has 2 aromatic heterocycles. The van der Waals surface area contributed by atoms with Crippen molar-refractivity contribution >= 4 is 28.4 Å². The number of aromatic amines is 1. The lowest BCUT2D eigenvalue weighted by Crippen LogP contribution is -1.87. The standard InChI is InChI=1S/C22H16N4O3/c1-13-8-19-20(9-14(13)2)25-22(24-19)16(12-23)11-18-6-7-21(29-18)15-4-3-5-17(10-15)26(27)28/h3-11H,1-2H3,(H,24,25)/b16-11+. The zero-order valence-electron chi connectivity index (χ0n) is 15.8. The molecule has 0 bridgehead atoms. The van der Waals surface area contributed by atoms with E-state index in [-0.39, 0.29) is 5.69 Å². The second-order valence-corrected chi connectivity index (χ2v) is 6.72. The molecule has 7 heteroatoms. The highest BCUT2D eigenvalue weighted by Crippen LogP contribution is 2.28. The number of imidazole rings is 1. The van der Waals surface area contributed by atoms with Gasteiger partial charge in [0.25, 0.3) is 5.69 Å². The van der Waals surface area contributed by atoms with Gasteiger partial charge in [-0.2, -0.15) is 5.26 Å². The monoisotopic (exact) mass is 384 g/mol. The molecule has 0 aliphatic carbocycles. The third-order valence-corrected chi connectivity index (χ3v) is 4.73. The molecule has 0 unspecified atom stereocenters. The Bertz CT molecular complexity index is 1280. The van der Waals surface area contributed by atoms with Crippen molar-refractivity contribution < 1.29 is 9.34 Å². The van der Waals surface area contributed by atoms with Crippen molar-refractivity contribution in [3.63, 3.8) is 0 Å². The maximum absolute atomic E-state index is 11.0. The minimum atomic E-state index is -0.452. The Hall–Kier alpha value is -4.18. The maximum atomic E-state index is 11.0. The molecule has 0 saturated heterocycles. The average molecular weight is 384 g/mol. The van der Waals surface area contributed by atoms with Crippen LogP contribution in [-0.4, -0.2) is 14.9 Å². The van der Waals surface area contributed by atoms with Crippen LogP contribution < -0.4 is 0 Å². The summed E-state index contributed by atoms with van der Waals surface area (Å²) < 4.78 is 5.78. The first kappa shape index (κ1) is 18.2. The van der Waals surface area contributed by atoms with E-state index < -0.39 is 4.92 Å². The summed E-state index contributed by atoms with van der Waals surface area (Å²) in [4.78, 5) is 18.2. The topological polar surface area (TPSA) is 109 Å². The highest BCUT2D eigenvalue weighted by Gasteiger charge is 2.12. The van der Waals surface area contributed by atoms with Crippen LogP contribution in [0.4, 0.5) is 5.69 Å². The highest BCUT2D eigenvalue weighted by molar-refractivity contribution is 5.90. The van der Waals surface area contributed by atoms with E-state index in [1.165, 1.54) is 12.1 Å². The lowest BCUT2D eigenvalue weighted by molar-refractivity contribution is -0.384.